The molecule has 1 aromatic carbocycles. The first-order valence-corrected chi connectivity index (χ1v) is 8.07. The van der Waals surface area contributed by atoms with Gasteiger partial charge in [-0.1, -0.05) is 35.0 Å². The van der Waals surface area contributed by atoms with Crippen molar-refractivity contribution in [1.29, 1.82) is 0 Å². The second-order valence-corrected chi connectivity index (χ2v) is 6.14. The number of nitrogens with one attached hydrogen (secondary N) is 1. The van der Waals surface area contributed by atoms with Gasteiger partial charge in [-0.2, -0.15) is 10.1 Å². The van der Waals surface area contributed by atoms with E-state index in [9.17, 15) is 4.79 Å². The van der Waals surface area contributed by atoms with Gasteiger partial charge in [-0.15, -0.1) is 0 Å². The molecule has 4 rings (SSSR count). The van der Waals surface area contributed by atoms with E-state index in [0.29, 0.717) is 18.8 Å². The fourth-order valence-corrected chi connectivity index (χ4v) is 2.87. The van der Waals surface area contributed by atoms with Crippen molar-refractivity contribution in [3.05, 3.63) is 42.2 Å². The summed E-state index contributed by atoms with van der Waals surface area (Å²) in [5.74, 6) is 0.472. The van der Waals surface area contributed by atoms with E-state index >= 15 is 0 Å². The highest BCUT2D eigenvalue weighted by Gasteiger charge is 2.34. The van der Waals surface area contributed by atoms with Gasteiger partial charge in [0.05, 0.1) is 11.9 Å². The Kier molecular flexibility index (Phi) is 3.72. The van der Waals surface area contributed by atoms with Gasteiger partial charge in [-0.05, 0) is 13.3 Å². The van der Waals surface area contributed by atoms with E-state index in [1.165, 1.54) is 0 Å². The number of aryl methyl sites for hydroxylation is 2. The lowest BCUT2D eigenvalue weighted by Crippen LogP contribution is -2.33. The summed E-state index contributed by atoms with van der Waals surface area (Å²) in [5, 5.41) is 11.1. The molecule has 0 radical (unpaired) electrons. The summed E-state index contributed by atoms with van der Waals surface area (Å²) >= 11 is 0. The molecule has 1 saturated heterocycles. The first kappa shape index (κ1) is 15.4. The van der Waals surface area contributed by atoms with Crippen LogP contribution < -0.4 is 10.2 Å². The van der Waals surface area contributed by atoms with Gasteiger partial charge < -0.3 is 14.7 Å². The Morgan fingerprint density at radius 3 is 2.80 bits per heavy atom. The average molecular weight is 338 g/mol. The van der Waals surface area contributed by atoms with Crippen LogP contribution in [0.2, 0.25) is 0 Å². The molecule has 1 amide bonds. The van der Waals surface area contributed by atoms with Gasteiger partial charge in [0.2, 0.25) is 11.7 Å². The number of carbonyl (C=O) groups is 1. The van der Waals surface area contributed by atoms with Gasteiger partial charge in [0, 0.05) is 25.4 Å². The molecular formula is C17H18N6O2. The molecule has 3 heterocycles. The summed E-state index contributed by atoms with van der Waals surface area (Å²) in [6.07, 6.45) is 4.17. The summed E-state index contributed by atoms with van der Waals surface area (Å²) in [6.45, 7) is 2.65. The molecule has 0 bridgehead atoms. The van der Waals surface area contributed by atoms with Crippen LogP contribution >= 0.6 is 0 Å². The zero-order valence-electron chi connectivity index (χ0n) is 14.0. The molecule has 1 N–H and O–H groups in total. The number of amides is 1. The van der Waals surface area contributed by atoms with Crippen LogP contribution in [0.4, 0.5) is 11.7 Å². The smallest absolute Gasteiger partial charge is 0.322 e. The van der Waals surface area contributed by atoms with Gasteiger partial charge in [0.25, 0.3) is 0 Å². The van der Waals surface area contributed by atoms with E-state index in [4.69, 9.17) is 4.52 Å². The molecule has 8 nitrogen and oxygen atoms in total. The van der Waals surface area contributed by atoms with Gasteiger partial charge in [0.15, 0.2) is 0 Å². The highest BCUT2D eigenvalue weighted by atomic mass is 16.5. The molecular weight excluding hydrogens is 320 g/mol. The molecule has 128 valence electrons. The topological polar surface area (TPSA) is 89.1 Å². The van der Waals surface area contributed by atoms with E-state index in [1.807, 2.05) is 44.4 Å². The average Bonchev–Trinajstić information content (AvgIpc) is 3.31. The normalized spacial score (nSPS) is 17.3. The Balaban J connectivity index is 1.46. The minimum atomic E-state index is -0.383. The lowest BCUT2D eigenvalue weighted by atomic mass is 10.1. The second kappa shape index (κ2) is 6.04. The maximum Gasteiger partial charge on any atom is 0.322 e. The number of aromatic nitrogens is 4. The number of nitrogens with zero attached hydrogens (tertiary/aromatic N) is 5. The third-order valence-electron chi connectivity index (χ3n) is 4.24. The van der Waals surface area contributed by atoms with Gasteiger partial charge >= 0.3 is 6.01 Å². The van der Waals surface area contributed by atoms with Gasteiger partial charge in [-0.3, -0.25) is 9.48 Å². The van der Waals surface area contributed by atoms with Crippen LogP contribution in [0.15, 0.2) is 41.2 Å². The lowest BCUT2D eigenvalue weighted by Gasteiger charge is -2.14. The minimum Gasteiger partial charge on any atom is -0.326 e. The first-order valence-electron chi connectivity index (χ1n) is 8.07. The first-order chi connectivity index (χ1) is 12.1. The number of rotatable bonds is 4. The van der Waals surface area contributed by atoms with Crippen molar-refractivity contribution in [2.24, 2.45) is 7.05 Å². The van der Waals surface area contributed by atoms with Crippen molar-refractivity contribution >= 4 is 17.6 Å². The molecule has 1 aliphatic heterocycles. The van der Waals surface area contributed by atoms with E-state index < -0.39 is 0 Å². The molecule has 0 saturated carbocycles. The molecule has 8 heteroatoms. The number of hydrogen-bond acceptors (Lipinski definition) is 6. The molecule has 1 atom stereocenters. The summed E-state index contributed by atoms with van der Waals surface area (Å²) in [6, 6.07) is 7.73. The maximum absolute atomic E-state index is 12.6. The molecule has 25 heavy (non-hydrogen) atoms. The van der Waals surface area contributed by atoms with Crippen molar-refractivity contribution in [3.8, 4) is 11.4 Å². The van der Waals surface area contributed by atoms with Crippen molar-refractivity contribution in [2.75, 3.05) is 16.8 Å². The predicted octanol–water partition coefficient (Wildman–Crippen LogP) is 2.00. The second-order valence-electron chi connectivity index (χ2n) is 6.14. The minimum absolute atomic E-state index is 0.0249. The molecule has 1 aliphatic rings. The maximum atomic E-state index is 12.6. The summed E-state index contributed by atoms with van der Waals surface area (Å²) in [7, 11) is 1.82. The Labute approximate surface area is 144 Å². The van der Waals surface area contributed by atoms with E-state index in [-0.39, 0.29) is 18.0 Å². The highest BCUT2D eigenvalue weighted by molar-refractivity contribution is 6.00. The van der Waals surface area contributed by atoms with E-state index in [2.05, 4.69) is 20.6 Å². The Morgan fingerprint density at radius 1 is 1.28 bits per heavy atom. The standard InChI is InChI=1S/C17H18N6O2/c1-11-3-5-12(6-4-11)15-20-17(25-21-15)19-14-7-8-23(16(14)24)13-9-18-22(2)10-13/h3-6,9-10,14H,7-8H2,1-2H3,(H,19,20,21)/t14-/m1/s1. The SMILES string of the molecule is Cc1ccc(-c2noc(N[C@@H]3CCN(c4cnn(C)c4)C3=O)n2)cc1. The van der Waals surface area contributed by atoms with Crippen LogP contribution in [0.5, 0.6) is 0 Å². The number of carbonyl (C=O) groups excluding carboxylic acids is 1. The third kappa shape index (κ3) is 2.98. The van der Waals surface area contributed by atoms with Crippen LogP contribution in [-0.4, -0.2) is 38.4 Å². The van der Waals surface area contributed by atoms with Crippen LogP contribution in [0.1, 0.15) is 12.0 Å². The van der Waals surface area contributed by atoms with Crippen LogP contribution in [0.3, 0.4) is 0 Å². The zero-order valence-corrected chi connectivity index (χ0v) is 14.0. The molecule has 0 unspecified atom stereocenters. The number of hydrogen-bond donors (Lipinski definition) is 1. The van der Waals surface area contributed by atoms with Crippen molar-refractivity contribution in [1.82, 2.24) is 19.9 Å². The molecule has 1 fully saturated rings. The van der Waals surface area contributed by atoms with Gasteiger partial charge in [0.1, 0.15) is 6.04 Å². The molecule has 3 aromatic rings. The fourth-order valence-electron chi connectivity index (χ4n) is 2.87. The predicted molar refractivity (Wildman–Crippen MR) is 92.1 cm³/mol. The molecule has 0 aliphatic carbocycles. The third-order valence-corrected chi connectivity index (χ3v) is 4.24. The lowest BCUT2D eigenvalue weighted by molar-refractivity contribution is -0.117. The fraction of sp³-hybridized carbons (Fsp3) is 0.294. The van der Waals surface area contributed by atoms with E-state index in [0.717, 1.165) is 16.8 Å². The monoisotopic (exact) mass is 338 g/mol. The number of anilines is 2. The summed E-state index contributed by atoms with van der Waals surface area (Å²) in [4.78, 5) is 18.6. The largest absolute Gasteiger partial charge is 0.326 e. The zero-order chi connectivity index (χ0) is 17.4. The quantitative estimate of drug-likeness (QED) is 0.782. The number of benzene rings is 1. The summed E-state index contributed by atoms with van der Waals surface area (Å²) < 4.78 is 6.92. The van der Waals surface area contributed by atoms with Crippen LogP contribution in [0.25, 0.3) is 11.4 Å². The highest BCUT2D eigenvalue weighted by Crippen LogP contribution is 2.24. The van der Waals surface area contributed by atoms with Crippen LogP contribution in [-0.2, 0) is 11.8 Å². The Hall–Kier alpha value is -3.16. The Bertz CT molecular complexity index is 898. The van der Waals surface area contributed by atoms with Crippen molar-refractivity contribution in [2.45, 2.75) is 19.4 Å². The molecule has 2 aromatic heterocycles. The van der Waals surface area contributed by atoms with Gasteiger partial charge in [-0.25, -0.2) is 0 Å². The van der Waals surface area contributed by atoms with Crippen molar-refractivity contribution < 1.29 is 9.32 Å². The van der Waals surface area contributed by atoms with Crippen LogP contribution in [0, 0.1) is 6.92 Å². The summed E-state index contributed by atoms with van der Waals surface area (Å²) in [5.41, 5.74) is 2.83. The Morgan fingerprint density at radius 2 is 2.08 bits per heavy atom. The van der Waals surface area contributed by atoms with E-state index in [1.54, 1.807) is 15.8 Å². The molecule has 0 spiro atoms. The van der Waals surface area contributed by atoms with Crippen molar-refractivity contribution in [3.63, 3.8) is 0 Å².